The predicted octanol–water partition coefficient (Wildman–Crippen LogP) is 4.57. The van der Waals surface area contributed by atoms with Crippen LogP contribution in [-0.4, -0.2) is 33.6 Å². The van der Waals surface area contributed by atoms with Gasteiger partial charge >= 0.3 is 5.97 Å². The van der Waals surface area contributed by atoms with Crippen LogP contribution < -0.4 is 10.2 Å². The molecular formula is C23H32O7Si. The Balaban J connectivity index is 2.47. The van der Waals surface area contributed by atoms with Crippen LogP contribution in [0.4, 0.5) is 0 Å². The van der Waals surface area contributed by atoms with Gasteiger partial charge in [-0.2, -0.15) is 0 Å². The number of methoxy groups -OCH3 is 2. The van der Waals surface area contributed by atoms with Gasteiger partial charge < -0.3 is 23.4 Å². The third-order valence-electron chi connectivity index (χ3n) is 5.81. The SMILES string of the molecule is COC(=O)C[C@@H](c1ccc(OC)cc1)c1oc(CO[Si](C)(C)C(C)(C)C)cc(=O)c1O. The number of esters is 1. The summed E-state index contributed by atoms with van der Waals surface area (Å²) in [5.74, 6) is -0.781. The second-order valence-corrected chi connectivity index (χ2v) is 13.8. The Morgan fingerprint density at radius 3 is 2.29 bits per heavy atom. The fourth-order valence-electron chi connectivity index (χ4n) is 2.78. The van der Waals surface area contributed by atoms with Crippen molar-refractivity contribution in [3.05, 3.63) is 57.6 Å². The van der Waals surface area contributed by atoms with Gasteiger partial charge in [-0.3, -0.25) is 9.59 Å². The molecule has 7 nitrogen and oxygen atoms in total. The summed E-state index contributed by atoms with van der Waals surface area (Å²) in [6.45, 7) is 10.7. The first-order valence-electron chi connectivity index (χ1n) is 10.1. The van der Waals surface area contributed by atoms with Crippen LogP contribution in [0.1, 0.15) is 50.2 Å². The van der Waals surface area contributed by atoms with Crippen molar-refractivity contribution < 1.29 is 28.2 Å². The van der Waals surface area contributed by atoms with E-state index in [-0.39, 0.29) is 23.8 Å². The third kappa shape index (κ3) is 5.98. The van der Waals surface area contributed by atoms with Crippen LogP contribution in [0.3, 0.4) is 0 Å². The zero-order chi connectivity index (χ0) is 23.4. The number of rotatable bonds is 8. The molecule has 0 unspecified atom stereocenters. The average Bonchev–Trinajstić information content (AvgIpc) is 2.72. The van der Waals surface area contributed by atoms with Crippen LogP contribution in [-0.2, 0) is 20.6 Å². The highest BCUT2D eigenvalue weighted by atomic mass is 28.4. The minimum atomic E-state index is -2.08. The van der Waals surface area contributed by atoms with Gasteiger partial charge in [0.2, 0.25) is 11.2 Å². The molecule has 0 amide bonds. The van der Waals surface area contributed by atoms with E-state index in [0.717, 1.165) is 0 Å². The highest BCUT2D eigenvalue weighted by Gasteiger charge is 2.37. The first kappa shape index (κ1) is 24.7. The van der Waals surface area contributed by atoms with Crippen molar-refractivity contribution >= 4 is 14.3 Å². The third-order valence-corrected chi connectivity index (χ3v) is 10.3. The first-order valence-corrected chi connectivity index (χ1v) is 13.0. The van der Waals surface area contributed by atoms with Gasteiger partial charge in [-0.05, 0) is 35.8 Å². The maximum absolute atomic E-state index is 12.5. The lowest BCUT2D eigenvalue weighted by Gasteiger charge is -2.35. The summed E-state index contributed by atoms with van der Waals surface area (Å²) < 4.78 is 22.1. The van der Waals surface area contributed by atoms with Crippen molar-refractivity contribution in [3.8, 4) is 11.5 Å². The number of ether oxygens (including phenoxy) is 2. The lowest BCUT2D eigenvalue weighted by atomic mass is 9.92. The Kier molecular flexibility index (Phi) is 7.72. The van der Waals surface area contributed by atoms with Gasteiger partial charge in [0.15, 0.2) is 14.1 Å². The smallest absolute Gasteiger partial charge is 0.306 e. The summed E-state index contributed by atoms with van der Waals surface area (Å²) in [4.78, 5) is 24.6. The van der Waals surface area contributed by atoms with Gasteiger partial charge in [-0.1, -0.05) is 32.9 Å². The van der Waals surface area contributed by atoms with Crippen molar-refractivity contribution in [3.63, 3.8) is 0 Å². The minimum Gasteiger partial charge on any atom is -0.502 e. The normalized spacial score (nSPS) is 13.0. The number of hydrogen-bond acceptors (Lipinski definition) is 7. The highest BCUT2D eigenvalue weighted by Crippen LogP contribution is 2.38. The molecule has 0 aliphatic heterocycles. The van der Waals surface area contributed by atoms with E-state index < -0.39 is 31.4 Å². The van der Waals surface area contributed by atoms with Gasteiger partial charge in [0.05, 0.1) is 33.2 Å². The quantitative estimate of drug-likeness (QED) is 0.467. The molecule has 0 spiro atoms. The second kappa shape index (κ2) is 9.70. The van der Waals surface area contributed by atoms with E-state index in [9.17, 15) is 14.7 Å². The van der Waals surface area contributed by atoms with Gasteiger partial charge in [0.25, 0.3) is 0 Å². The van der Waals surface area contributed by atoms with Gasteiger partial charge in [0, 0.05) is 6.07 Å². The Hall–Kier alpha value is -2.58. The Labute approximate surface area is 184 Å². The topological polar surface area (TPSA) is 95.2 Å². The number of carbonyl (C=O) groups is 1. The van der Waals surface area contributed by atoms with Crippen molar-refractivity contribution in [1.29, 1.82) is 0 Å². The molecule has 0 saturated heterocycles. The summed E-state index contributed by atoms with van der Waals surface area (Å²) in [5, 5.41) is 10.5. The van der Waals surface area contributed by atoms with Crippen molar-refractivity contribution in [2.75, 3.05) is 14.2 Å². The number of hydrogen-bond donors (Lipinski definition) is 1. The molecule has 170 valence electrons. The molecule has 2 rings (SSSR count). The zero-order valence-electron chi connectivity index (χ0n) is 19.3. The van der Waals surface area contributed by atoms with Crippen molar-refractivity contribution in [2.45, 2.75) is 57.8 Å². The molecule has 0 fully saturated rings. The van der Waals surface area contributed by atoms with E-state index in [1.807, 2.05) is 0 Å². The molecule has 0 bridgehead atoms. The number of benzene rings is 1. The Morgan fingerprint density at radius 2 is 1.77 bits per heavy atom. The van der Waals surface area contributed by atoms with E-state index >= 15 is 0 Å². The predicted molar refractivity (Wildman–Crippen MR) is 120 cm³/mol. The van der Waals surface area contributed by atoms with Crippen LogP contribution in [0.2, 0.25) is 18.1 Å². The molecule has 1 heterocycles. The fourth-order valence-corrected chi connectivity index (χ4v) is 3.71. The standard InChI is InChI=1S/C23H32O7Si/c1-23(2,3)31(6,7)29-14-17-12-19(24)21(26)22(30-17)18(13-20(25)28-5)15-8-10-16(27-4)11-9-15/h8-12,18,26H,13-14H2,1-7H3/t18-/m0/s1. The number of carbonyl (C=O) groups excluding carboxylic acids is 1. The second-order valence-electron chi connectivity index (χ2n) is 8.94. The molecule has 8 heteroatoms. The lowest BCUT2D eigenvalue weighted by Crippen LogP contribution is -2.40. The molecule has 0 aliphatic carbocycles. The zero-order valence-corrected chi connectivity index (χ0v) is 20.3. The summed E-state index contributed by atoms with van der Waals surface area (Å²) in [6.07, 6.45) is -0.105. The van der Waals surface area contributed by atoms with E-state index in [1.165, 1.54) is 13.2 Å². The van der Waals surface area contributed by atoms with E-state index in [1.54, 1.807) is 31.4 Å². The van der Waals surface area contributed by atoms with Gasteiger partial charge in [-0.25, -0.2) is 0 Å². The Morgan fingerprint density at radius 1 is 1.16 bits per heavy atom. The van der Waals surface area contributed by atoms with Gasteiger partial charge in [-0.15, -0.1) is 0 Å². The average molecular weight is 449 g/mol. The lowest BCUT2D eigenvalue weighted by molar-refractivity contribution is -0.140. The maximum Gasteiger partial charge on any atom is 0.306 e. The molecular weight excluding hydrogens is 416 g/mol. The number of aromatic hydroxyl groups is 1. The molecule has 2 aromatic rings. The summed E-state index contributed by atoms with van der Waals surface area (Å²) in [5.41, 5.74) is 0.0885. The van der Waals surface area contributed by atoms with E-state index in [2.05, 4.69) is 33.9 Å². The summed E-state index contributed by atoms with van der Waals surface area (Å²) >= 11 is 0. The molecule has 1 N–H and O–H groups in total. The van der Waals surface area contributed by atoms with Crippen LogP contribution in [0.5, 0.6) is 11.5 Å². The molecule has 1 atom stereocenters. The van der Waals surface area contributed by atoms with Crippen LogP contribution in [0, 0.1) is 0 Å². The monoisotopic (exact) mass is 448 g/mol. The molecule has 0 saturated carbocycles. The maximum atomic E-state index is 12.5. The Bertz CT molecular complexity index is 955. The molecule has 1 aromatic heterocycles. The van der Waals surface area contributed by atoms with E-state index in [4.69, 9.17) is 18.3 Å². The molecule has 0 radical (unpaired) electrons. The van der Waals surface area contributed by atoms with E-state index in [0.29, 0.717) is 17.1 Å². The molecule has 31 heavy (non-hydrogen) atoms. The first-order chi connectivity index (χ1) is 14.4. The molecule has 1 aromatic carbocycles. The van der Waals surface area contributed by atoms with Crippen LogP contribution in [0.15, 0.2) is 39.5 Å². The van der Waals surface area contributed by atoms with Crippen molar-refractivity contribution in [1.82, 2.24) is 0 Å². The van der Waals surface area contributed by atoms with Gasteiger partial charge in [0.1, 0.15) is 11.5 Å². The largest absolute Gasteiger partial charge is 0.502 e. The van der Waals surface area contributed by atoms with Crippen molar-refractivity contribution in [2.24, 2.45) is 0 Å². The highest BCUT2D eigenvalue weighted by molar-refractivity contribution is 6.74. The summed E-state index contributed by atoms with van der Waals surface area (Å²) in [6, 6.07) is 8.21. The van der Waals surface area contributed by atoms with Crippen LogP contribution >= 0.6 is 0 Å². The summed E-state index contributed by atoms with van der Waals surface area (Å²) in [7, 11) is 0.756. The molecule has 0 aliphatic rings. The fraction of sp³-hybridized carbons (Fsp3) is 0.478. The van der Waals surface area contributed by atoms with Crippen LogP contribution in [0.25, 0.3) is 0 Å². The minimum absolute atomic E-state index is 0.0104.